The van der Waals surface area contributed by atoms with Crippen molar-refractivity contribution >= 4 is 38.9 Å². The fourth-order valence-corrected chi connectivity index (χ4v) is 7.49. The lowest BCUT2D eigenvalue weighted by atomic mass is 9.93. The molecule has 184 valence electrons. The molecule has 5 rings (SSSR count). The Morgan fingerprint density at radius 3 is 2.49 bits per heavy atom. The molecule has 0 N–H and O–H groups in total. The van der Waals surface area contributed by atoms with Gasteiger partial charge in [-0.05, 0) is 59.7 Å². The standard InChI is InChI=1S/C26H28ClN3O3S2/c27-21-9-7-20(8-10-21)26-23-12-18-34-24(23)11-15-29(26)19-25(31)28-13-4-14-30(17-16-28)35(32,33)22-5-2-1-3-6-22/h1-3,5-10,12,18,26H,4,11,13-17,19H2/t26-/m0/s1. The molecule has 3 heterocycles. The van der Waals surface area contributed by atoms with E-state index < -0.39 is 10.0 Å². The lowest BCUT2D eigenvalue weighted by molar-refractivity contribution is -0.132. The molecule has 0 radical (unpaired) electrons. The molecule has 1 amide bonds. The predicted octanol–water partition coefficient (Wildman–Crippen LogP) is 4.27. The molecule has 0 bridgehead atoms. The maximum absolute atomic E-state index is 13.4. The van der Waals surface area contributed by atoms with Crippen LogP contribution in [0, 0.1) is 0 Å². The van der Waals surface area contributed by atoms with Crippen molar-refractivity contribution in [3.8, 4) is 0 Å². The predicted molar refractivity (Wildman–Crippen MR) is 139 cm³/mol. The maximum atomic E-state index is 13.4. The molecule has 1 aromatic heterocycles. The van der Waals surface area contributed by atoms with Crippen LogP contribution in [-0.4, -0.2) is 67.7 Å². The highest BCUT2D eigenvalue weighted by Gasteiger charge is 2.33. The number of carbonyl (C=O) groups excluding carboxylic acids is 1. The van der Waals surface area contributed by atoms with Crippen molar-refractivity contribution in [2.24, 2.45) is 0 Å². The molecule has 9 heteroatoms. The first-order valence-corrected chi connectivity index (χ1v) is 14.5. The Hall–Kier alpha value is -2.23. The van der Waals surface area contributed by atoms with Crippen LogP contribution in [0.5, 0.6) is 0 Å². The number of amides is 1. The SMILES string of the molecule is O=C(CN1CCc2sccc2[C@@H]1c1ccc(Cl)cc1)N1CCCN(S(=O)(=O)c2ccccc2)CC1. The minimum atomic E-state index is -3.56. The molecule has 35 heavy (non-hydrogen) atoms. The van der Waals surface area contributed by atoms with Crippen molar-refractivity contribution < 1.29 is 13.2 Å². The van der Waals surface area contributed by atoms with Gasteiger partial charge in [0.1, 0.15) is 0 Å². The lowest BCUT2D eigenvalue weighted by Gasteiger charge is -2.37. The molecule has 6 nitrogen and oxygen atoms in total. The van der Waals surface area contributed by atoms with E-state index in [1.54, 1.807) is 41.7 Å². The van der Waals surface area contributed by atoms with Crippen LogP contribution in [0.15, 0.2) is 70.9 Å². The van der Waals surface area contributed by atoms with Crippen LogP contribution < -0.4 is 0 Å². The van der Waals surface area contributed by atoms with Gasteiger partial charge in [-0.2, -0.15) is 4.31 Å². The highest BCUT2D eigenvalue weighted by molar-refractivity contribution is 7.89. The first-order chi connectivity index (χ1) is 16.9. The molecule has 0 aliphatic carbocycles. The van der Waals surface area contributed by atoms with E-state index >= 15 is 0 Å². The van der Waals surface area contributed by atoms with Gasteiger partial charge in [-0.1, -0.05) is 41.9 Å². The van der Waals surface area contributed by atoms with E-state index in [9.17, 15) is 13.2 Å². The highest BCUT2D eigenvalue weighted by atomic mass is 35.5. The average molecular weight is 530 g/mol. The number of sulfonamides is 1. The van der Waals surface area contributed by atoms with Crippen LogP contribution in [0.4, 0.5) is 0 Å². The average Bonchev–Trinajstić information content (AvgIpc) is 3.20. The number of hydrogen-bond acceptors (Lipinski definition) is 5. The monoisotopic (exact) mass is 529 g/mol. The van der Waals surface area contributed by atoms with Crippen LogP contribution in [0.25, 0.3) is 0 Å². The quantitative estimate of drug-likeness (QED) is 0.495. The number of thiophene rings is 1. The molecule has 2 aliphatic heterocycles. The van der Waals surface area contributed by atoms with Crippen LogP contribution >= 0.6 is 22.9 Å². The Kier molecular flexibility index (Phi) is 7.27. The summed E-state index contributed by atoms with van der Waals surface area (Å²) in [4.78, 5) is 19.1. The Morgan fingerprint density at radius 2 is 1.71 bits per heavy atom. The molecule has 2 aliphatic rings. The van der Waals surface area contributed by atoms with Gasteiger partial charge in [0, 0.05) is 42.6 Å². The molecule has 1 saturated heterocycles. The van der Waals surface area contributed by atoms with E-state index in [-0.39, 0.29) is 11.9 Å². The highest BCUT2D eigenvalue weighted by Crippen LogP contribution is 2.38. The topological polar surface area (TPSA) is 60.9 Å². The number of hydrogen-bond donors (Lipinski definition) is 0. The largest absolute Gasteiger partial charge is 0.340 e. The zero-order valence-electron chi connectivity index (χ0n) is 19.3. The molecule has 0 saturated carbocycles. The van der Waals surface area contributed by atoms with Gasteiger partial charge in [0.25, 0.3) is 0 Å². The van der Waals surface area contributed by atoms with Gasteiger partial charge in [-0.3, -0.25) is 9.69 Å². The molecule has 0 unspecified atom stereocenters. The Balaban J connectivity index is 1.30. The summed E-state index contributed by atoms with van der Waals surface area (Å²) in [6.07, 6.45) is 1.54. The number of carbonyl (C=O) groups is 1. The number of halogens is 1. The summed E-state index contributed by atoms with van der Waals surface area (Å²) in [7, 11) is -3.56. The fourth-order valence-electron chi connectivity index (χ4n) is 4.97. The van der Waals surface area contributed by atoms with Gasteiger partial charge in [-0.15, -0.1) is 11.3 Å². The molecule has 0 spiro atoms. The molecular formula is C26H28ClN3O3S2. The zero-order chi connectivity index (χ0) is 24.4. The van der Waals surface area contributed by atoms with Gasteiger partial charge >= 0.3 is 0 Å². The van der Waals surface area contributed by atoms with E-state index in [0.717, 1.165) is 18.5 Å². The van der Waals surface area contributed by atoms with E-state index in [4.69, 9.17) is 11.6 Å². The first-order valence-electron chi connectivity index (χ1n) is 11.8. The van der Waals surface area contributed by atoms with Crippen molar-refractivity contribution in [3.63, 3.8) is 0 Å². The Labute approximate surface area is 215 Å². The van der Waals surface area contributed by atoms with Gasteiger partial charge < -0.3 is 4.90 Å². The van der Waals surface area contributed by atoms with Gasteiger partial charge in [0.15, 0.2) is 0 Å². The first kappa shape index (κ1) is 24.5. The summed E-state index contributed by atoms with van der Waals surface area (Å²) < 4.78 is 27.6. The summed E-state index contributed by atoms with van der Waals surface area (Å²) in [6.45, 7) is 2.77. The molecule has 1 fully saturated rings. The van der Waals surface area contributed by atoms with E-state index in [2.05, 4.69) is 16.3 Å². The third kappa shape index (κ3) is 5.17. The second kappa shape index (κ2) is 10.4. The molecule has 2 aromatic carbocycles. The third-order valence-electron chi connectivity index (χ3n) is 6.78. The second-order valence-corrected chi connectivity index (χ2v) is 12.3. The zero-order valence-corrected chi connectivity index (χ0v) is 21.7. The van der Waals surface area contributed by atoms with Gasteiger partial charge in [-0.25, -0.2) is 8.42 Å². The van der Waals surface area contributed by atoms with Crippen LogP contribution in [-0.2, 0) is 21.2 Å². The number of rotatable bonds is 5. The molecular weight excluding hydrogens is 502 g/mol. The number of nitrogens with zero attached hydrogens (tertiary/aromatic N) is 3. The Morgan fingerprint density at radius 1 is 0.943 bits per heavy atom. The van der Waals surface area contributed by atoms with E-state index in [1.807, 2.05) is 29.2 Å². The summed E-state index contributed by atoms with van der Waals surface area (Å²) in [5, 5.41) is 2.81. The van der Waals surface area contributed by atoms with Crippen LogP contribution in [0.2, 0.25) is 5.02 Å². The van der Waals surface area contributed by atoms with Gasteiger partial charge in [0.2, 0.25) is 15.9 Å². The second-order valence-electron chi connectivity index (χ2n) is 8.93. The minimum absolute atomic E-state index is 0.00755. The Bertz CT molecular complexity index is 1280. The summed E-state index contributed by atoms with van der Waals surface area (Å²) in [5.74, 6) is 0.0432. The van der Waals surface area contributed by atoms with Crippen LogP contribution in [0.3, 0.4) is 0 Å². The van der Waals surface area contributed by atoms with Crippen molar-refractivity contribution in [3.05, 3.63) is 87.1 Å². The van der Waals surface area contributed by atoms with E-state index in [0.29, 0.717) is 49.1 Å². The molecule has 1 atom stereocenters. The fraction of sp³-hybridized carbons (Fsp3) is 0.346. The number of benzene rings is 2. The summed E-state index contributed by atoms with van der Waals surface area (Å²) in [5.41, 5.74) is 2.38. The number of fused-ring (bicyclic) bond motifs is 1. The van der Waals surface area contributed by atoms with E-state index in [1.165, 1.54) is 14.7 Å². The van der Waals surface area contributed by atoms with Crippen molar-refractivity contribution in [1.29, 1.82) is 0 Å². The lowest BCUT2D eigenvalue weighted by Crippen LogP contribution is -2.45. The van der Waals surface area contributed by atoms with Crippen molar-refractivity contribution in [2.75, 3.05) is 39.3 Å². The van der Waals surface area contributed by atoms with Crippen LogP contribution in [0.1, 0.15) is 28.5 Å². The maximum Gasteiger partial charge on any atom is 0.243 e. The summed E-state index contributed by atoms with van der Waals surface area (Å²) >= 11 is 7.90. The van der Waals surface area contributed by atoms with Crippen molar-refractivity contribution in [1.82, 2.24) is 14.1 Å². The minimum Gasteiger partial charge on any atom is -0.340 e. The third-order valence-corrected chi connectivity index (χ3v) is 9.94. The normalized spacial score (nSPS) is 19.8. The smallest absolute Gasteiger partial charge is 0.243 e. The molecule has 3 aromatic rings. The van der Waals surface area contributed by atoms with Crippen molar-refractivity contribution in [2.45, 2.75) is 23.8 Å². The summed E-state index contributed by atoms with van der Waals surface area (Å²) in [6, 6.07) is 18.5. The van der Waals surface area contributed by atoms with Gasteiger partial charge in [0.05, 0.1) is 17.5 Å².